The first-order valence-corrected chi connectivity index (χ1v) is 12.3. The topological polar surface area (TPSA) is 41.9 Å². The summed E-state index contributed by atoms with van der Waals surface area (Å²) >= 11 is 0. The van der Waals surface area contributed by atoms with Gasteiger partial charge in [-0.3, -0.25) is 4.90 Å². The van der Waals surface area contributed by atoms with Crippen LogP contribution in [0.2, 0.25) is 0 Å². The van der Waals surface area contributed by atoms with Crippen molar-refractivity contribution in [1.82, 2.24) is 4.90 Å². The number of likely N-dealkylation sites (tertiary alicyclic amines) is 1. The Morgan fingerprint density at radius 2 is 1.80 bits per heavy atom. The van der Waals surface area contributed by atoms with E-state index in [-0.39, 0.29) is 17.7 Å². The van der Waals surface area contributed by atoms with Crippen LogP contribution in [0.15, 0.2) is 60.4 Å². The van der Waals surface area contributed by atoms with Crippen molar-refractivity contribution in [3.63, 3.8) is 0 Å². The smallest absolute Gasteiger partial charge is 0.124 e. The highest BCUT2D eigenvalue weighted by Gasteiger charge is 2.20. The van der Waals surface area contributed by atoms with Gasteiger partial charge in [0.15, 0.2) is 0 Å². The van der Waals surface area contributed by atoms with E-state index in [1.54, 1.807) is 6.07 Å². The lowest BCUT2D eigenvalue weighted by Crippen LogP contribution is -2.25. The second kappa shape index (κ2) is 9.33. The van der Waals surface area contributed by atoms with Gasteiger partial charge in [0, 0.05) is 11.8 Å². The van der Waals surface area contributed by atoms with E-state index in [1.807, 2.05) is 54.6 Å². The van der Waals surface area contributed by atoms with E-state index in [2.05, 4.69) is 4.90 Å². The first-order chi connectivity index (χ1) is 17.2. The van der Waals surface area contributed by atoms with Gasteiger partial charge in [-0.1, -0.05) is 36.4 Å². The first-order valence-electron chi connectivity index (χ1n) is 12.3. The van der Waals surface area contributed by atoms with Crippen LogP contribution in [0.3, 0.4) is 0 Å². The standard InChI is InChI=1S/C30H28FNO3/c31-23-15-21-5-1-2-6-25(21)30-26(18-23)27-19-35-29(17-22(27)16-28(30)33)20-7-9-24(10-8-20)34-14-13-32-11-3-4-12-32/h1-2,5-10,15-18,29,33H,3-4,11-14,19H2. The Morgan fingerprint density at radius 1 is 1.00 bits per heavy atom. The maximum Gasteiger partial charge on any atom is 0.124 e. The van der Waals surface area contributed by atoms with E-state index in [0.29, 0.717) is 24.0 Å². The third-order valence-corrected chi connectivity index (χ3v) is 7.12. The molecule has 3 aliphatic rings. The fraction of sp³-hybridized carbons (Fsp3) is 0.267. The fourth-order valence-corrected chi connectivity index (χ4v) is 5.31. The monoisotopic (exact) mass is 469 g/mol. The molecule has 0 amide bonds. The molecule has 2 heterocycles. The second-order valence-electron chi connectivity index (χ2n) is 9.38. The highest BCUT2D eigenvalue weighted by molar-refractivity contribution is 5.69. The van der Waals surface area contributed by atoms with Crippen molar-refractivity contribution in [2.24, 2.45) is 0 Å². The van der Waals surface area contributed by atoms with Gasteiger partial charge in [-0.15, -0.1) is 0 Å². The average Bonchev–Trinajstić information content (AvgIpc) is 3.33. The molecule has 0 aromatic heterocycles. The van der Waals surface area contributed by atoms with Gasteiger partial charge in [0.2, 0.25) is 0 Å². The minimum absolute atomic E-state index is 0.143. The fourth-order valence-electron chi connectivity index (χ4n) is 5.31. The van der Waals surface area contributed by atoms with Crippen molar-refractivity contribution < 1.29 is 19.0 Å². The number of benzene rings is 3. The minimum atomic E-state index is -0.341. The lowest BCUT2D eigenvalue weighted by molar-refractivity contribution is 0.0757. The quantitative estimate of drug-likeness (QED) is 0.605. The molecule has 4 nitrogen and oxygen atoms in total. The Labute approximate surface area is 203 Å². The van der Waals surface area contributed by atoms with Crippen LogP contribution in [0.4, 0.5) is 4.39 Å². The lowest BCUT2D eigenvalue weighted by Gasteiger charge is -2.22. The summed E-state index contributed by atoms with van der Waals surface area (Å²) < 4.78 is 26.8. The zero-order valence-electron chi connectivity index (χ0n) is 19.5. The van der Waals surface area contributed by atoms with Crippen molar-refractivity contribution in [1.29, 1.82) is 0 Å². The third-order valence-electron chi connectivity index (χ3n) is 7.12. The van der Waals surface area contributed by atoms with Crippen molar-refractivity contribution in [3.05, 3.63) is 98.0 Å². The zero-order chi connectivity index (χ0) is 23.8. The molecule has 0 spiro atoms. The van der Waals surface area contributed by atoms with Crippen LogP contribution in [-0.2, 0) is 11.3 Å². The minimum Gasteiger partial charge on any atom is -0.507 e. The summed E-state index contributed by atoms with van der Waals surface area (Å²) in [4.78, 5) is 2.43. The summed E-state index contributed by atoms with van der Waals surface area (Å²) in [5.74, 6) is 0.651. The number of phenolic OH excluding ortho intramolecular Hbond substituents is 1. The van der Waals surface area contributed by atoms with Gasteiger partial charge in [-0.25, -0.2) is 4.39 Å². The number of fused-ring (bicyclic) bond motifs is 4. The predicted molar refractivity (Wildman–Crippen MR) is 135 cm³/mol. The summed E-state index contributed by atoms with van der Waals surface area (Å²) in [6.45, 7) is 4.32. The number of halogens is 1. The normalized spacial score (nSPS) is 18.9. The van der Waals surface area contributed by atoms with Crippen LogP contribution < -0.4 is 15.2 Å². The Hall–Kier alpha value is -3.41. The maximum atomic E-state index is 14.7. The van der Waals surface area contributed by atoms with Crippen LogP contribution in [0.1, 0.15) is 35.6 Å². The number of hydrogen-bond donors (Lipinski definition) is 1. The maximum absolute atomic E-state index is 14.7. The van der Waals surface area contributed by atoms with E-state index >= 15 is 0 Å². The molecule has 3 aromatic rings. The molecule has 35 heavy (non-hydrogen) atoms. The van der Waals surface area contributed by atoms with E-state index < -0.39 is 0 Å². The summed E-state index contributed by atoms with van der Waals surface area (Å²) in [7, 11) is 0. The van der Waals surface area contributed by atoms with Gasteiger partial charge in [-0.05, 0) is 94.7 Å². The van der Waals surface area contributed by atoms with Crippen LogP contribution in [-0.4, -0.2) is 36.2 Å². The number of aromatic hydroxyl groups is 1. The summed E-state index contributed by atoms with van der Waals surface area (Å²) in [6.07, 6.45) is 7.32. The van der Waals surface area contributed by atoms with E-state index in [9.17, 15) is 9.50 Å². The van der Waals surface area contributed by atoms with E-state index in [1.165, 1.54) is 38.1 Å². The third kappa shape index (κ3) is 4.38. The number of ether oxygens (including phenoxy) is 2. The number of nitrogens with zero attached hydrogens (tertiary/aromatic N) is 1. The molecule has 1 aliphatic carbocycles. The highest BCUT2D eigenvalue weighted by Crippen LogP contribution is 2.30. The van der Waals surface area contributed by atoms with Crippen LogP contribution in [0.25, 0.3) is 18.2 Å². The molecular formula is C30H28FNO3. The summed E-state index contributed by atoms with van der Waals surface area (Å²) in [5.41, 5.74) is 2.57. The number of rotatable bonds is 5. The molecule has 2 aliphatic heterocycles. The molecule has 1 N–H and O–H groups in total. The molecule has 0 bridgehead atoms. The SMILES string of the molecule is Oc1cc2c(c3c1=c1ccccc1=CC(F)=C3)COC(c1ccc(OCCN3CCCC3)cc1)C=2. The molecule has 5 heteroatoms. The van der Waals surface area contributed by atoms with Gasteiger partial charge in [0.05, 0.1) is 6.61 Å². The van der Waals surface area contributed by atoms with Crippen LogP contribution >= 0.6 is 0 Å². The van der Waals surface area contributed by atoms with Crippen molar-refractivity contribution in [2.45, 2.75) is 25.6 Å². The van der Waals surface area contributed by atoms with Crippen LogP contribution in [0, 0.1) is 10.4 Å². The molecule has 1 unspecified atom stereocenters. The summed E-state index contributed by atoms with van der Waals surface area (Å²) in [5, 5.41) is 14.1. The Balaban J connectivity index is 1.31. The van der Waals surface area contributed by atoms with Gasteiger partial charge in [0.25, 0.3) is 0 Å². The highest BCUT2D eigenvalue weighted by atomic mass is 19.1. The molecule has 3 aromatic carbocycles. The molecule has 6 rings (SSSR count). The number of phenols is 1. The largest absolute Gasteiger partial charge is 0.507 e. The molecule has 0 saturated carbocycles. The zero-order valence-corrected chi connectivity index (χ0v) is 19.5. The van der Waals surface area contributed by atoms with Crippen LogP contribution in [0.5, 0.6) is 11.5 Å². The van der Waals surface area contributed by atoms with Crippen molar-refractivity contribution >= 4 is 18.2 Å². The molecule has 0 radical (unpaired) electrons. The van der Waals surface area contributed by atoms with Gasteiger partial charge < -0.3 is 14.6 Å². The van der Waals surface area contributed by atoms with Crippen molar-refractivity contribution in [3.8, 4) is 11.5 Å². The molecule has 178 valence electrons. The predicted octanol–water partition coefficient (Wildman–Crippen LogP) is 4.31. The van der Waals surface area contributed by atoms with E-state index in [4.69, 9.17) is 9.47 Å². The van der Waals surface area contributed by atoms with Crippen molar-refractivity contribution in [2.75, 3.05) is 26.2 Å². The first kappa shape index (κ1) is 22.1. The molecular weight excluding hydrogens is 441 g/mol. The Kier molecular flexibility index (Phi) is 5.88. The number of hydrogen-bond acceptors (Lipinski definition) is 4. The molecule has 1 fully saturated rings. The second-order valence-corrected chi connectivity index (χ2v) is 9.38. The van der Waals surface area contributed by atoms with Gasteiger partial charge in [-0.2, -0.15) is 0 Å². The average molecular weight is 470 g/mol. The molecule has 1 saturated heterocycles. The number of allylic oxidation sites excluding steroid dienone is 1. The molecule has 1 atom stereocenters. The van der Waals surface area contributed by atoms with E-state index in [0.717, 1.165) is 39.1 Å². The van der Waals surface area contributed by atoms with Gasteiger partial charge in [0.1, 0.15) is 30.0 Å². The van der Waals surface area contributed by atoms with Gasteiger partial charge >= 0.3 is 0 Å². The Morgan fingerprint density at radius 3 is 2.63 bits per heavy atom. The lowest BCUT2D eigenvalue weighted by atomic mass is 9.96. The Bertz CT molecular complexity index is 1500. The summed E-state index contributed by atoms with van der Waals surface area (Å²) in [6, 6.07) is 17.3.